The van der Waals surface area contributed by atoms with E-state index in [2.05, 4.69) is 27.0 Å². The molecule has 9 heavy (non-hydrogen) atoms. The van der Waals surface area contributed by atoms with Crippen molar-refractivity contribution in [2.75, 3.05) is 5.33 Å². The van der Waals surface area contributed by atoms with Crippen LogP contribution in [0.5, 0.6) is 0 Å². The van der Waals surface area contributed by atoms with Crippen molar-refractivity contribution < 1.29 is 0 Å². The van der Waals surface area contributed by atoms with Crippen molar-refractivity contribution in [3.8, 4) is 0 Å². The second-order valence-electron chi connectivity index (χ2n) is 2.16. The monoisotopic (exact) mass is 187 g/mol. The molecule has 1 unspecified atom stereocenters. The zero-order valence-corrected chi connectivity index (χ0v) is 6.84. The summed E-state index contributed by atoms with van der Waals surface area (Å²) in [6.07, 6.45) is 8.38. The maximum atomic E-state index is 4.05. The fraction of sp³-hybridized carbons (Fsp3) is 0.571. The molecule has 0 saturated carbocycles. The van der Waals surface area contributed by atoms with Crippen molar-refractivity contribution in [2.24, 2.45) is 10.9 Å². The van der Waals surface area contributed by atoms with Crippen LogP contribution in [0.1, 0.15) is 12.8 Å². The molecule has 0 aromatic heterocycles. The highest BCUT2D eigenvalue weighted by Gasteiger charge is 2.03. The van der Waals surface area contributed by atoms with Gasteiger partial charge in [-0.1, -0.05) is 22.0 Å². The Labute approximate surface area is 64.0 Å². The third kappa shape index (κ3) is 2.31. The number of hydrogen-bond acceptors (Lipinski definition) is 1. The summed E-state index contributed by atoms with van der Waals surface area (Å²) in [6.45, 7) is 0. The van der Waals surface area contributed by atoms with Gasteiger partial charge in [0.2, 0.25) is 0 Å². The van der Waals surface area contributed by atoms with Gasteiger partial charge in [-0.05, 0) is 18.8 Å². The van der Waals surface area contributed by atoms with Gasteiger partial charge in [0, 0.05) is 17.7 Å². The first kappa shape index (κ1) is 7.00. The van der Waals surface area contributed by atoms with Crippen LogP contribution in [-0.2, 0) is 0 Å². The Hall–Kier alpha value is -0.110. The van der Waals surface area contributed by atoms with Crippen molar-refractivity contribution in [2.45, 2.75) is 12.8 Å². The van der Waals surface area contributed by atoms with Gasteiger partial charge in [0.15, 0.2) is 0 Å². The van der Waals surface area contributed by atoms with Crippen LogP contribution in [0.2, 0.25) is 0 Å². The van der Waals surface area contributed by atoms with Crippen molar-refractivity contribution >= 4 is 22.1 Å². The van der Waals surface area contributed by atoms with Crippen LogP contribution in [0.25, 0.3) is 0 Å². The summed E-state index contributed by atoms with van der Waals surface area (Å²) >= 11 is 3.40. The molecule has 0 radical (unpaired) electrons. The molecule has 1 rings (SSSR count). The summed E-state index contributed by atoms with van der Waals surface area (Å²) in [5.41, 5.74) is 0. The number of alkyl halides is 1. The number of rotatable bonds is 2. The van der Waals surface area contributed by atoms with Gasteiger partial charge in [-0.3, -0.25) is 4.99 Å². The van der Waals surface area contributed by atoms with Crippen molar-refractivity contribution in [1.29, 1.82) is 0 Å². The molecule has 2 heteroatoms. The lowest BCUT2D eigenvalue weighted by molar-refractivity contribution is 0.692. The van der Waals surface area contributed by atoms with Gasteiger partial charge in [0.05, 0.1) is 0 Å². The molecule has 1 nitrogen and oxygen atoms in total. The Morgan fingerprint density at radius 2 is 2.56 bits per heavy atom. The molecule has 0 amide bonds. The van der Waals surface area contributed by atoms with Crippen LogP contribution in [0, 0.1) is 5.92 Å². The minimum Gasteiger partial charge on any atom is -0.269 e. The normalized spacial score (nSPS) is 24.8. The molecular weight excluding hydrogens is 178 g/mol. The molecule has 1 heterocycles. The van der Waals surface area contributed by atoms with E-state index in [4.69, 9.17) is 0 Å². The molecular formula is C7H10BrN. The van der Waals surface area contributed by atoms with Crippen molar-refractivity contribution in [1.82, 2.24) is 0 Å². The van der Waals surface area contributed by atoms with Gasteiger partial charge in [0.1, 0.15) is 0 Å². The minimum absolute atomic E-state index is 0.675. The predicted octanol–water partition coefficient (Wildman–Crippen LogP) is 2.38. The van der Waals surface area contributed by atoms with Gasteiger partial charge in [-0.2, -0.15) is 0 Å². The van der Waals surface area contributed by atoms with Crippen molar-refractivity contribution in [3.63, 3.8) is 0 Å². The standard InChI is InChI=1S/C7H10BrN/c8-4-3-7-2-1-5-9-6-7/h1,5-7H,2-4H2. The average Bonchev–Trinajstić information content (AvgIpc) is 1.91. The average molecular weight is 188 g/mol. The Kier molecular flexibility index (Phi) is 2.98. The first-order chi connectivity index (χ1) is 4.43. The minimum atomic E-state index is 0.675. The highest BCUT2D eigenvalue weighted by Crippen LogP contribution is 2.11. The lowest BCUT2D eigenvalue weighted by atomic mass is 10.0. The van der Waals surface area contributed by atoms with Crippen molar-refractivity contribution in [3.05, 3.63) is 12.3 Å². The summed E-state index contributed by atoms with van der Waals surface area (Å²) in [7, 11) is 0. The Bertz CT molecular complexity index is 129. The third-order valence-electron chi connectivity index (χ3n) is 1.41. The lowest BCUT2D eigenvalue weighted by Crippen LogP contribution is -2.03. The maximum absolute atomic E-state index is 4.05. The van der Waals surface area contributed by atoms with E-state index in [-0.39, 0.29) is 0 Å². The van der Waals surface area contributed by atoms with E-state index in [1.807, 2.05) is 12.4 Å². The Balaban J connectivity index is 2.28. The summed E-state index contributed by atoms with van der Waals surface area (Å²) in [5.74, 6) is 0.675. The molecule has 50 valence electrons. The molecule has 0 aromatic rings. The maximum Gasteiger partial charge on any atom is 0.0224 e. The number of allylic oxidation sites excluding steroid dienone is 1. The topological polar surface area (TPSA) is 12.4 Å². The van der Waals surface area contributed by atoms with Gasteiger partial charge in [0.25, 0.3) is 0 Å². The lowest BCUT2D eigenvalue weighted by Gasteiger charge is -2.08. The number of hydrogen-bond donors (Lipinski definition) is 0. The van der Waals surface area contributed by atoms with Crippen LogP contribution in [0.15, 0.2) is 17.3 Å². The second kappa shape index (κ2) is 3.83. The fourth-order valence-corrected chi connectivity index (χ4v) is 1.45. The summed E-state index contributed by atoms with van der Waals surface area (Å²) in [5, 5.41) is 1.08. The zero-order valence-electron chi connectivity index (χ0n) is 5.26. The summed E-state index contributed by atoms with van der Waals surface area (Å²) < 4.78 is 0. The van der Waals surface area contributed by atoms with Crippen LogP contribution < -0.4 is 0 Å². The quantitative estimate of drug-likeness (QED) is 0.590. The molecule has 0 spiro atoms. The Morgan fingerprint density at radius 3 is 3.11 bits per heavy atom. The summed E-state index contributed by atoms with van der Waals surface area (Å²) in [4.78, 5) is 4.05. The van der Waals surface area contributed by atoms with E-state index in [1.165, 1.54) is 6.42 Å². The first-order valence-electron chi connectivity index (χ1n) is 3.18. The molecule has 0 N–H and O–H groups in total. The van der Waals surface area contributed by atoms with Gasteiger partial charge < -0.3 is 0 Å². The number of aliphatic imine (C=N–C) groups is 1. The largest absolute Gasteiger partial charge is 0.269 e. The van der Waals surface area contributed by atoms with Crippen LogP contribution >= 0.6 is 15.9 Å². The number of nitrogens with zero attached hydrogens (tertiary/aromatic N) is 1. The molecule has 0 fully saturated rings. The predicted molar refractivity (Wildman–Crippen MR) is 44.2 cm³/mol. The van der Waals surface area contributed by atoms with Crippen LogP contribution in [0.3, 0.4) is 0 Å². The highest BCUT2D eigenvalue weighted by atomic mass is 79.9. The van der Waals surface area contributed by atoms with Gasteiger partial charge in [-0.15, -0.1) is 0 Å². The van der Waals surface area contributed by atoms with Crippen LogP contribution in [0.4, 0.5) is 0 Å². The third-order valence-corrected chi connectivity index (χ3v) is 1.86. The molecule has 0 saturated heterocycles. The van der Waals surface area contributed by atoms with E-state index >= 15 is 0 Å². The van der Waals surface area contributed by atoms with E-state index < -0.39 is 0 Å². The molecule has 0 bridgehead atoms. The highest BCUT2D eigenvalue weighted by molar-refractivity contribution is 9.09. The molecule has 1 aliphatic rings. The molecule has 0 aromatic carbocycles. The Morgan fingerprint density at radius 1 is 1.67 bits per heavy atom. The zero-order chi connectivity index (χ0) is 6.53. The molecule has 1 atom stereocenters. The fourth-order valence-electron chi connectivity index (χ4n) is 0.861. The van der Waals surface area contributed by atoms with E-state index in [0.29, 0.717) is 5.92 Å². The molecule has 1 aliphatic heterocycles. The van der Waals surface area contributed by atoms with E-state index in [9.17, 15) is 0 Å². The van der Waals surface area contributed by atoms with Gasteiger partial charge in [-0.25, -0.2) is 0 Å². The van der Waals surface area contributed by atoms with E-state index in [1.54, 1.807) is 0 Å². The van der Waals surface area contributed by atoms with Gasteiger partial charge >= 0.3 is 0 Å². The molecule has 0 aliphatic carbocycles. The second-order valence-corrected chi connectivity index (χ2v) is 2.95. The van der Waals surface area contributed by atoms with E-state index in [0.717, 1.165) is 11.8 Å². The smallest absolute Gasteiger partial charge is 0.0224 e. The first-order valence-corrected chi connectivity index (χ1v) is 4.30. The van der Waals surface area contributed by atoms with Crippen LogP contribution in [-0.4, -0.2) is 11.5 Å². The summed E-state index contributed by atoms with van der Waals surface area (Å²) in [6, 6.07) is 0. The number of halogens is 1. The SMILES string of the molecule is BrCCC1C=NC=CC1.